The zero-order chi connectivity index (χ0) is 8.81. The lowest BCUT2D eigenvalue weighted by Gasteiger charge is -2.18. The van der Waals surface area contributed by atoms with Crippen molar-refractivity contribution in [3.05, 3.63) is 12.3 Å². The highest BCUT2D eigenvalue weighted by atomic mass is 16.4. The van der Waals surface area contributed by atoms with Crippen molar-refractivity contribution in [2.45, 2.75) is 12.8 Å². The van der Waals surface area contributed by atoms with Crippen LogP contribution >= 0.6 is 0 Å². The van der Waals surface area contributed by atoms with Gasteiger partial charge < -0.3 is 10.0 Å². The van der Waals surface area contributed by atoms with Gasteiger partial charge in [0.25, 0.3) is 0 Å². The first-order chi connectivity index (χ1) is 5.79. The predicted octanol–water partition coefficient (Wildman–Crippen LogP) is 0.709. The van der Waals surface area contributed by atoms with Crippen molar-refractivity contribution in [3.63, 3.8) is 0 Å². The molecule has 66 valence electrons. The van der Waals surface area contributed by atoms with E-state index in [1.54, 1.807) is 12.5 Å². The summed E-state index contributed by atoms with van der Waals surface area (Å²) >= 11 is 0. The zero-order valence-corrected chi connectivity index (χ0v) is 6.81. The molecule has 0 aromatic heterocycles. The number of carboxylic acids is 1. The molecule has 0 aromatic rings. The van der Waals surface area contributed by atoms with E-state index in [1.165, 1.54) is 0 Å². The molecule has 4 heteroatoms. The molecule has 4 nitrogen and oxygen atoms in total. The molecule has 1 N–H and O–H groups in total. The van der Waals surface area contributed by atoms with Crippen LogP contribution in [-0.2, 0) is 4.79 Å². The van der Waals surface area contributed by atoms with Crippen LogP contribution in [0.3, 0.4) is 0 Å². The summed E-state index contributed by atoms with van der Waals surface area (Å²) in [5.74, 6) is -0.737. The van der Waals surface area contributed by atoms with Crippen LogP contribution in [0.25, 0.3) is 0 Å². The predicted molar refractivity (Wildman–Crippen MR) is 46.1 cm³/mol. The van der Waals surface area contributed by atoms with Crippen molar-refractivity contribution >= 4 is 12.3 Å². The number of carboxylic acid groups (broad SMARTS) is 1. The summed E-state index contributed by atoms with van der Waals surface area (Å²) in [4.78, 5) is 16.1. The van der Waals surface area contributed by atoms with Gasteiger partial charge in [0.05, 0.1) is 6.34 Å². The van der Waals surface area contributed by atoms with Crippen molar-refractivity contribution in [2.24, 2.45) is 4.99 Å². The van der Waals surface area contributed by atoms with Gasteiger partial charge in [-0.25, -0.2) is 4.99 Å². The number of carbonyl (C=O) groups is 1. The first-order valence-electron chi connectivity index (χ1n) is 3.93. The average molecular weight is 168 g/mol. The summed E-state index contributed by atoms with van der Waals surface area (Å²) in [5, 5.41) is 8.38. The summed E-state index contributed by atoms with van der Waals surface area (Å²) < 4.78 is 0. The molecule has 1 heterocycles. The Kier molecular flexibility index (Phi) is 3.32. The summed E-state index contributed by atoms with van der Waals surface area (Å²) in [5.41, 5.74) is 0. The van der Waals surface area contributed by atoms with Crippen molar-refractivity contribution in [1.82, 2.24) is 4.90 Å². The maximum atomic E-state index is 10.2. The van der Waals surface area contributed by atoms with Gasteiger partial charge in [-0.05, 0) is 12.5 Å². The van der Waals surface area contributed by atoms with E-state index < -0.39 is 5.97 Å². The Hall–Kier alpha value is -1.32. The first kappa shape index (κ1) is 8.77. The third-order valence-corrected chi connectivity index (χ3v) is 1.60. The van der Waals surface area contributed by atoms with Crippen molar-refractivity contribution < 1.29 is 9.90 Å². The van der Waals surface area contributed by atoms with E-state index in [1.807, 2.05) is 11.0 Å². The molecule has 12 heavy (non-hydrogen) atoms. The summed E-state index contributed by atoms with van der Waals surface area (Å²) in [6, 6.07) is 0. The number of aliphatic carboxylic acids is 1. The van der Waals surface area contributed by atoms with Gasteiger partial charge in [-0.15, -0.1) is 0 Å². The SMILES string of the molecule is O=C(O)CCCN1C=NC=CC1. The minimum Gasteiger partial charge on any atom is -0.481 e. The Morgan fingerprint density at radius 1 is 1.67 bits per heavy atom. The Morgan fingerprint density at radius 3 is 3.08 bits per heavy atom. The van der Waals surface area contributed by atoms with Crippen molar-refractivity contribution in [1.29, 1.82) is 0 Å². The molecule has 0 fully saturated rings. The fraction of sp³-hybridized carbons (Fsp3) is 0.500. The number of aliphatic imine (C=N–C) groups is 1. The molecular weight excluding hydrogens is 156 g/mol. The van der Waals surface area contributed by atoms with Gasteiger partial charge in [-0.1, -0.05) is 0 Å². The summed E-state index contributed by atoms with van der Waals surface area (Å²) in [7, 11) is 0. The molecule has 0 spiro atoms. The van der Waals surface area contributed by atoms with Crippen LogP contribution in [0.2, 0.25) is 0 Å². The Labute approximate surface area is 71.2 Å². The summed E-state index contributed by atoms with van der Waals surface area (Å²) in [6.45, 7) is 1.60. The maximum Gasteiger partial charge on any atom is 0.303 e. The van der Waals surface area contributed by atoms with E-state index in [0.29, 0.717) is 6.42 Å². The smallest absolute Gasteiger partial charge is 0.303 e. The molecule has 0 atom stereocenters. The Balaban J connectivity index is 2.11. The molecular formula is C8H12N2O2. The Bertz CT molecular complexity index is 211. The van der Waals surface area contributed by atoms with E-state index in [9.17, 15) is 4.79 Å². The van der Waals surface area contributed by atoms with Crippen LogP contribution in [0.15, 0.2) is 17.3 Å². The molecule has 1 aliphatic rings. The lowest BCUT2D eigenvalue weighted by molar-refractivity contribution is -0.137. The monoisotopic (exact) mass is 168 g/mol. The molecule has 0 aliphatic carbocycles. The van der Waals surface area contributed by atoms with Crippen LogP contribution in [-0.4, -0.2) is 35.4 Å². The molecule has 0 saturated carbocycles. The number of hydrogen-bond donors (Lipinski definition) is 1. The van der Waals surface area contributed by atoms with Gasteiger partial charge in [0.1, 0.15) is 0 Å². The third kappa shape index (κ3) is 3.18. The topological polar surface area (TPSA) is 52.9 Å². The minimum absolute atomic E-state index is 0.230. The molecule has 1 aliphatic heterocycles. The van der Waals surface area contributed by atoms with Crippen molar-refractivity contribution in [2.75, 3.05) is 13.1 Å². The largest absolute Gasteiger partial charge is 0.481 e. The van der Waals surface area contributed by atoms with Crippen molar-refractivity contribution in [3.8, 4) is 0 Å². The van der Waals surface area contributed by atoms with Crippen LogP contribution in [0.1, 0.15) is 12.8 Å². The molecule has 0 aromatic carbocycles. The molecule has 0 bridgehead atoms. The van der Waals surface area contributed by atoms with E-state index in [2.05, 4.69) is 4.99 Å². The molecule has 0 amide bonds. The van der Waals surface area contributed by atoms with E-state index in [4.69, 9.17) is 5.11 Å². The maximum absolute atomic E-state index is 10.2. The van der Waals surface area contributed by atoms with Gasteiger partial charge in [0.15, 0.2) is 0 Å². The normalized spacial score (nSPS) is 15.2. The highest BCUT2D eigenvalue weighted by Gasteiger charge is 2.01. The first-order valence-corrected chi connectivity index (χ1v) is 3.93. The second-order valence-corrected chi connectivity index (χ2v) is 2.64. The fourth-order valence-electron chi connectivity index (χ4n) is 1.01. The number of hydrogen-bond acceptors (Lipinski definition) is 3. The molecule has 0 saturated heterocycles. The molecule has 0 unspecified atom stereocenters. The van der Waals surface area contributed by atoms with Gasteiger partial charge >= 0.3 is 5.97 Å². The van der Waals surface area contributed by atoms with Gasteiger partial charge in [-0.2, -0.15) is 0 Å². The van der Waals surface area contributed by atoms with E-state index >= 15 is 0 Å². The molecule has 1 rings (SSSR count). The van der Waals surface area contributed by atoms with Crippen LogP contribution in [0, 0.1) is 0 Å². The van der Waals surface area contributed by atoms with E-state index in [-0.39, 0.29) is 6.42 Å². The minimum atomic E-state index is -0.737. The average Bonchev–Trinajstić information content (AvgIpc) is 2.05. The van der Waals surface area contributed by atoms with E-state index in [0.717, 1.165) is 13.1 Å². The lowest BCUT2D eigenvalue weighted by Crippen LogP contribution is -2.25. The zero-order valence-electron chi connectivity index (χ0n) is 6.81. The highest BCUT2D eigenvalue weighted by Crippen LogP contribution is 1.97. The highest BCUT2D eigenvalue weighted by molar-refractivity contribution is 5.66. The number of nitrogens with zero attached hydrogens (tertiary/aromatic N) is 2. The second kappa shape index (κ2) is 4.54. The quantitative estimate of drug-likeness (QED) is 0.672. The second-order valence-electron chi connectivity index (χ2n) is 2.64. The van der Waals surface area contributed by atoms with Crippen LogP contribution in [0.4, 0.5) is 0 Å². The molecule has 0 radical (unpaired) electrons. The lowest BCUT2D eigenvalue weighted by atomic mass is 10.3. The Morgan fingerprint density at radius 2 is 2.50 bits per heavy atom. The standard InChI is InChI=1S/C8H12N2O2/c11-8(12)3-1-5-10-6-2-4-9-7-10/h2,4,7H,1,3,5-6H2,(H,11,12). The summed E-state index contributed by atoms with van der Waals surface area (Å²) in [6.07, 6.45) is 6.33. The van der Waals surface area contributed by atoms with Gasteiger partial charge in [-0.3, -0.25) is 4.79 Å². The van der Waals surface area contributed by atoms with Gasteiger partial charge in [0.2, 0.25) is 0 Å². The number of rotatable bonds is 4. The third-order valence-electron chi connectivity index (χ3n) is 1.60. The fourth-order valence-corrected chi connectivity index (χ4v) is 1.01. The van der Waals surface area contributed by atoms with Crippen LogP contribution in [0.5, 0.6) is 0 Å². The van der Waals surface area contributed by atoms with Gasteiger partial charge in [0, 0.05) is 25.7 Å². The van der Waals surface area contributed by atoms with Crippen LogP contribution < -0.4 is 0 Å².